The minimum absolute atomic E-state index is 0.0271. The molecule has 9 nitrogen and oxygen atoms in total. The first-order valence-corrected chi connectivity index (χ1v) is 11.7. The van der Waals surface area contributed by atoms with Crippen molar-refractivity contribution in [2.45, 2.75) is 31.9 Å². The van der Waals surface area contributed by atoms with Crippen LogP contribution in [0.5, 0.6) is 0 Å². The van der Waals surface area contributed by atoms with E-state index in [2.05, 4.69) is 20.4 Å². The minimum atomic E-state index is -0.620. The van der Waals surface area contributed by atoms with E-state index in [1.54, 1.807) is 39.9 Å². The molecule has 36 heavy (non-hydrogen) atoms. The number of nitriles is 1. The van der Waals surface area contributed by atoms with Crippen LogP contribution in [0.3, 0.4) is 0 Å². The monoisotopic (exact) mass is 485 g/mol. The molecule has 182 valence electrons. The van der Waals surface area contributed by atoms with Crippen molar-refractivity contribution in [3.63, 3.8) is 0 Å². The molecule has 0 unspecified atom stereocenters. The fourth-order valence-electron chi connectivity index (χ4n) is 4.47. The molecule has 5 rings (SSSR count). The molecular weight excluding hydrogens is 461 g/mol. The third-order valence-corrected chi connectivity index (χ3v) is 6.25. The number of hydrogen-bond donors (Lipinski definition) is 2. The second-order valence-electron chi connectivity index (χ2n) is 8.66. The zero-order chi connectivity index (χ0) is 25.1. The number of carbonyl (C=O) groups is 1. The van der Waals surface area contributed by atoms with Gasteiger partial charge >= 0.3 is 0 Å². The van der Waals surface area contributed by atoms with Gasteiger partial charge in [-0.15, -0.1) is 0 Å². The van der Waals surface area contributed by atoms with Crippen LogP contribution in [0.2, 0.25) is 0 Å². The summed E-state index contributed by atoms with van der Waals surface area (Å²) in [7, 11) is 0. The summed E-state index contributed by atoms with van der Waals surface area (Å²) < 4.78 is 17.6. The Balaban J connectivity index is 1.57. The second kappa shape index (κ2) is 10.1. The van der Waals surface area contributed by atoms with E-state index < -0.39 is 5.82 Å². The van der Waals surface area contributed by atoms with E-state index in [0.717, 1.165) is 18.4 Å². The van der Waals surface area contributed by atoms with Crippen LogP contribution in [-0.4, -0.2) is 54.6 Å². The SMILES string of the molecule is N#CCC(=O)N1CCC[C@@H](Nc2nc(-c3cnn4ccccc34)nc(-c3cccc(CO)c3)c2F)C1. The highest BCUT2D eigenvalue weighted by Crippen LogP contribution is 2.31. The summed E-state index contributed by atoms with van der Waals surface area (Å²) >= 11 is 0. The second-order valence-corrected chi connectivity index (χ2v) is 8.66. The predicted octanol–water partition coefficient (Wildman–Crippen LogP) is 3.41. The zero-order valence-electron chi connectivity index (χ0n) is 19.4. The molecule has 1 fully saturated rings. The van der Waals surface area contributed by atoms with Gasteiger partial charge in [-0.2, -0.15) is 10.4 Å². The van der Waals surface area contributed by atoms with Gasteiger partial charge in [0.1, 0.15) is 12.1 Å². The summed E-state index contributed by atoms with van der Waals surface area (Å²) in [6.07, 6.45) is 4.72. The lowest BCUT2D eigenvalue weighted by atomic mass is 10.0. The fourth-order valence-corrected chi connectivity index (χ4v) is 4.47. The van der Waals surface area contributed by atoms with Gasteiger partial charge in [-0.3, -0.25) is 4.79 Å². The fraction of sp³-hybridized carbons (Fsp3) is 0.269. The van der Waals surface area contributed by atoms with Crippen molar-refractivity contribution in [2.24, 2.45) is 0 Å². The normalized spacial score (nSPS) is 15.6. The van der Waals surface area contributed by atoms with Gasteiger partial charge < -0.3 is 15.3 Å². The Morgan fingerprint density at radius 3 is 2.97 bits per heavy atom. The summed E-state index contributed by atoms with van der Waals surface area (Å²) in [4.78, 5) is 23.0. The van der Waals surface area contributed by atoms with Crippen LogP contribution in [0, 0.1) is 17.1 Å². The number of aliphatic hydroxyl groups is 1. The Labute approximate surface area is 206 Å². The molecule has 1 aliphatic heterocycles. The van der Waals surface area contributed by atoms with Crippen LogP contribution in [0.1, 0.15) is 24.8 Å². The molecule has 3 aromatic heterocycles. The van der Waals surface area contributed by atoms with Crippen molar-refractivity contribution in [1.29, 1.82) is 5.26 Å². The number of likely N-dealkylation sites (tertiary alicyclic amines) is 1. The van der Waals surface area contributed by atoms with E-state index >= 15 is 4.39 Å². The summed E-state index contributed by atoms with van der Waals surface area (Å²) in [5.41, 5.74) is 2.67. The first-order valence-electron chi connectivity index (χ1n) is 11.7. The molecule has 2 N–H and O–H groups in total. The van der Waals surface area contributed by atoms with Crippen molar-refractivity contribution < 1.29 is 14.3 Å². The summed E-state index contributed by atoms with van der Waals surface area (Å²) in [5.74, 6) is -0.525. The topological polar surface area (TPSA) is 119 Å². The van der Waals surface area contributed by atoms with E-state index in [1.807, 2.05) is 30.5 Å². The van der Waals surface area contributed by atoms with Gasteiger partial charge in [0.25, 0.3) is 0 Å². The number of benzene rings is 1. The minimum Gasteiger partial charge on any atom is -0.392 e. The molecule has 0 bridgehead atoms. The molecule has 0 saturated carbocycles. The summed E-state index contributed by atoms with van der Waals surface area (Å²) in [6, 6.07) is 14.2. The Kier molecular flexibility index (Phi) is 6.56. The third kappa shape index (κ3) is 4.61. The van der Waals surface area contributed by atoms with Crippen LogP contribution in [-0.2, 0) is 11.4 Å². The van der Waals surface area contributed by atoms with Gasteiger partial charge in [0.15, 0.2) is 17.5 Å². The number of piperidine rings is 1. The number of aliphatic hydroxyl groups excluding tert-OH is 1. The zero-order valence-corrected chi connectivity index (χ0v) is 19.4. The highest BCUT2D eigenvalue weighted by molar-refractivity contribution is 5.79. The summed E-state index contributed by atoms with van der Waals surface area (Å²) in [6.45, 7) is 0.740. The number of carbonyl (C=O) groups excluding carboxylic acids is 1. The van der Waals surface area contributed by atoms with E-state index in [-0.39, 0.29) is 36.5 Å². The highest BCUT2D eigenvalue weighted by atomic mass is 19.1. The van der Waals surface area contributed by atoms with Crippen molar-refractivity contribution >= 4 is 17.2 Å². The number of anilines is 1. The van der Waals surface area contributed by atoms with Gasteiger partial charge in [0.2, 0.25) is 5.91 Å². The molecule has 4 aromatic rings. The number of amides is 1. The molecule has 4 heterocycles. The lowest BCUT2D eigenvalue weighted by Gasteiger charge is -2.33. The van der Waals surface area contributed by atoms with Crippen LogP contribution < -0.4 is 5.32 Å². The van der Waals surface area contributed by atoms with Crippen molar-refractivity contribution in [3.8, 4) is 28.7 Å². The molecule has 1 amide bonds. The molecule has 1 saturated heterocycles. The van der Waals surface area contributed by atoms with Gasteiger partial charge in [0, 0.05) is 30.9 Å². The molecule has 1 aliphatic rings. The van der Waals surface area contributed by atoms with E-state index in [0.29, 0.717) is 35.6 Å². The highest BCUT2D eigenvalue weighted by Gasteiger charge is 2.26. The maximum Gasteiger partial charge on any atom is 0.236 e. The third-order valence-electron chi connectivity index (χ3n) is 6.25. The van der Waals surface area contributed by atoms with Crippen LogP contribution in [0.25, 0.3) is 28.2 Å². The van der Waals surface area contributed by atoms with E-state index in [1.165, 1.54) is 0 Å². The van der Waals surface area contributed by atoms with Gasteiger partial charge in [0.05, 0.1) is 30.0 Å². The quantitative estimate of drug-likeness (QED) is 0.430. The Morgan fingerprint density at radius 2 is 2.14 bits per heavy atom. The molecule has 1 aromatic carbocycles. The lowest BCUT2D eigenvalue weighted by Crippen LogP contribution is -2.45. The number of nitrogens with zero attached hydrogens (tertiary/aromatic N) is 6. The first-order chi connectivity index (χ1) is 17.6. The van der Waals surface area contributed by atoms with E-state index in [4.69, 9.17) is 5.26 Å². The average Bonchev–Trinajstić information content (AvgIpc) is 3.34. The van der Waals surface area contributed by atoms with Crippen LogP contribution in [0.4, 0.5) is 10.2 Å². The molecular formula is C26H24FN7O2. The van der Waals surface area contributed by atoms with Crippen molar-refractivity contribution in [1.82, 2.24) is 24.5 Å². The molecule has 0 spiro atoms. The summed E-state index contributed by atoms with van der Waals surface area (Å²) in [5, 5.41) is 26.0. The number of aromatic nitrogens is 4. The predicted molar refractivity (Wildman–Crippen MR) is 131 cm³/mol. The molecule has 10 heteroatoms. The molecule has 0 radical (unpaired) electrons. The van der Waals surface area contributed by atoms with Crippen molar-refractivity contribution in [2.75, 3.05) is 18.4 Å². The maximum atomic E-state index is 15.9. The molecule has 0 aliphatic carbocycles. The number of nitrogens with one attached hydrogen (secondary N) is 1. The number of pyridine rings is 1. The smallest absolute Gasteiger partial charge is 0.236 e. The number of halogens is 1. The average molecular weight is 486 g/mol. The van der Waals surface area contributed by atoms with Crippen LogP contribution in [0.15, 0.2) is 54.9 Å². The first kappa shape index (κ1) is 23.4. The maximum absolute atomic E-state index is 15.9. The number of hydrogen-bond acceptors (Lipinski definition) is 7. The Morgan fingerprint density at radius 1 is 1.25 bits per heavy atom. The number of fused-ring (bicyclic) bond motifs is 1. The molecule has 1 atom stereocenters. The van der Waals surface area contributed by atoms with Gasteiger partial charge in [-0.1, -0.05) is 24.3 Å². The van der Waals surface area contributed by atoms with Gasteiger partial charge in [-0.05, 0) is 36.6 Å². The Bertz CT molecular complexity index is 1460. The number of rotatable bonds is 6. The largest absolute Gasteiger partial charge is 0.392 e. The Hall–Kier alpha value is -4.36. The van der Waals surface area contributed by atoms with Gasteiger partial charge in [-0.25, -0.2) is 18.9 Å². The van der Waals surface area contributed by atoms with Crippen LogP contribution >= 0.6 is 0 Å². The van der Waals surface area contributed by atoms with E-state index in [9.17, 15) is 9.90 Å². The van der Waals surface area contributed by atoms with Crippen molar-refractivity contribution in [3.05, 3.63) is 66.2 Å². The standard InChI is InChI=1S/C26H24FN7O2/c27-23-24(18-6-3-5-17(13-18)16-35)31-25(20-14-29-34-12-2-1-8-21(20)34)32-26(23)30-19-7-4-11-33(15-19)22(36)9-10-28/h1-3,5-6,8,12-14,19,35H,4,7,9,11,15-16H2,(H,30,31,32)/t19-/m1/s1. The lowest BCUT2D eigenvalue weighted by molar-refractivity contribution is -0.131.